The Balaban J connectivity index is 1.77. The molecule has 2 aromatic rings. The Morgan fingerprint density at radius 3 is 2.64 bits per heavy atom. The Labute approximate surface area is 132 Å². The van der Waals surface area contributed by atoms with Crippen molar-refractivity contribution in [2.75, 3.05) is 13.1 Å². The van der Waals surface area contributed by atoms with E-state index in [0.717, 1.165) is 22.8 Å². The molecule has 0 spiro atoms. The van der Waals surface area contributed by atoms with Gasteiger partial charge in [0.2, 0.25) is 0 Å². The SMILES string of the molecule is C[C@@H]1CN(C(=O)c2cc(-c3ccccc3)ns2)C[C@H]1C(=O)O. The van der Waals surface area contributed by atoms with Gasteiger partial charge in [0.15, 0.2) is 0 Å². The first-order valence-corrected chi connectivity index (χ1v) is 7.88. The number of likely N-dealkylation sites (tertiary alicyclic amines) is 1. The number of hydrogen-bond acceptors (Lipinski definition) is 4. The number of benzene rings is 1. The van der Waals surface area contributed by atoms with Crippen molar-refractivity contribution in [3.8, 4) is 11.3 Å². The van der Waals surface area contributed by atoms with Crippen LogP contribution in [0.3, 0.4) is 0 Å². The predicted molar refractivity (Wildman–Crippen MR) is 83.7 cm³/mol. The minimum absolute atomic E-state index is 0.0250. The molecule has 1 N–H and O–H groups in total. The van der Waals surface area contributed by atoms with Crippen LogP contribution in [0.15, 0.2) is 36.4 Å². The van der Waals surface area contributed by atoms with Gasteiger partial charge in [0.25, 0.3) is 5.91 Å². The van der Waals surface area contributed by atoms with E-state index in [1.807, 2.05) is 37.3 Å². The largest absolute Gasteiger partial charge is 0.481 e. The highest BCUT2D eigenvalue weighted by Crippen LogP contribution is 2.27. The van der Waals surface area contributed by atoms with Gasteiger partial charge in [0.1, 0.15) is 4.88 Å². The van der Waals surface area contributed by atoms with Gasteiger partial charge in [-0.25, -0.2) is 0 Å². The number of hydrogen-bond donors (Lipinski definition) is 1. The van der Waals surface area contributed by atoms with Gasteiger partial charge in [-0.15, -0.1) is 0 Å². The van der Waals surface area contributed by atoms with Crippen molar-refractivity contribution in [2.45, 2.75) is 6.92 Å². The highest BCUT2D eigenvalue weighted by molar-refractivity contribution is 7.08. The zero-order valence-electron chi connectivity index (χ0n) is 12.1. The van der Waals surface area contributed by atoms with Crippen LogP contribution in [0.2, 0.25) is 0 Å². The Bertz CT molecular complexity index is 698. The van der Waals surface area contributed by atoms with Crippen molar-refractivity contribution < 1.29 is 14.7 Å². The first-order chi connectivity index (χ1) is 10.6. The molecule has 1 fully saturated rings. The summed E-state index contributed by atoms with van der Waals surface area (Å²) < 4.78 is 4.33. The molecule has 0 saturated carbocycles. The van der Waals surface area contributed by atoms with E-state index in [1.165, 1.54) is 0 Å². The maximum absolute atomic E-state index is 12.5. The zero-order valence-corrected chi connectivity index (χ0v) is 12.9. The molecule has 22 heavy (non-hydrogen) atoms. The van der Waals surface area contributed by atoms with E-state index in [9.17, 15) is 9.59 Å². The molecule has 0 radical (unpaired) electrons. The van der Waals surface area contributed by atoms with Crippen LogP contribution in [-0.2, 0) is 4.79 Å². The van der Waals surface area contributed by atoms with Crippen LogP contribution in [0, 0.1) is 11.8 Å². The van der Waals surface area contributed by atoms with E-state index in [0.29, 0.717) is 11.4 Å². The fraction of sp³-hybridized carbons (Fsp3) is 0.312. The molecule has 2 atom stereocenters. The average Bonchev–Trinajstić information content (AvgIpc) is 3.14. The summed E-state index contributed by atoms with van der Waals surface area (Å²) in [5.41, 5.74) is 1.74. The molecule has 114 valence electrons. The van der Waals surface area contributed by atoms with Gasteiger partial charge < -0.3 is 10.0 Å². The maximum atomic E-state index is 12.5. The van der Waals surface area contributed by atoms with Crippen LogP contribution in [0.1, 0.15) is 16.6 Å². The van der Waals surface area contributed by atoms with E-state index in [1.54, 1.807) is 11.0 Å². The molecule has 0 aliphatic carbocycles. The first-order valence-electron chi connectivity index (χ1n) is 7.10. The second-order valence-electron chi connectivity index (χ2n) is 5.57. The summed E-state index contributed by atoms with van der Waals surface area (Å²) in [5.74, 6) is -1.47. The Hall–Kier alpha value is -2.21. The van der Waals surface area contributed by atoms with Gasteiger partial charge in [0.05, 0.1) is 11.6 Å². The summed E-state index contributed by atoms with van der Waals surface area (Å²) in [5, 5.41) is 9.16. The molecular weight excluding hydrogens is 300 g/mol. The molecule has 3 rings (SSSR count). The van der Waals surface area contributed by atoms with Crippen LogP contribution in [-0.4, -0.2) is 39.3 Å². The first kappa shape index (κ1) is 14.7. The fourth-order valence-electron chi connectivity index (χ4n) is 2.73. The second kappa shape index (κ2) is 5.88. The van der Waals surface area contributed by atoms with Gasteiger partial charge in [-0.3, -0.25) is 9.59 Å². The van der Waals surface area contributed by atoms with E-state index >= 15 is 0 Å². The van der Waals surface area contributed by atoms with Crippen molar-refractivity contribution in [3.63, 3.8) is 0 Å². The van der Waals surface area contributed by atoms with Gasteiger partial charge in [0, 0.05) is 18.7 Å². The summed E-state index contributed by atoms with van der Waals surface area (Å²) in [6.45, 7) is 2.62. The smallest absolute Gasteiger partial charge is 0.308 e. The molecular formula is C16H16N2O3S. The third kappa shape index (κ3) is 2.74. The van der Waals surface area contributed by atoms with Crippen LogP contribution in [0.5, 0.6) is 0 Å². The van der Waals surface area contributed by atoms with Crippen molar-refractivity contribution in [2.24, 2.45) is 11.8 Å². The van der Waals surface area contributed by atoms with Gasteiger partial charge >= 0.3 is 5.97 Å². The van der Waals surface area contributed by atoms with E-state index in [4.69, 9.17) is 5.11 Å². The molecule has 1 aliphatic rings. The molecule has 6 heteroatoms. The molecule has 5 nitrogen and oxygen atoms in total. The summed E-state index contributed by atoms with van der Waals surface area (Å²) in [6.07, 6.45) is 0. The van der Waals surface area contributed by atoms with Gasteiger partial charge in [-0.2, -0.15) is 4.37 Å². The summed E-state index contributed by atoms with van der Waals surface area (Å²) in [7, 11) is 0. The van der Waals surface area contributed by atoms with Crippen LogP contribution >= 0.6 is 11.5 Å². The molecule has 1 amide bonds. The average molecular weight is 316 g/mol. The highest BCUT2D eigenvalue weighted by Gasteiger charge is 2.37. The van der Waals surface area contributed by atoms with E-state index in [2.05, 4.69) is 4.37 Å². The number of carbonyl (C=O) groups is 2. The molecule has 1 aromatic heterocycles. The summed E-state index contributed by atoms with van der Waals surface area (Å²) in [4.78, 5) is 25.8. The summed E-state index contributed by atoms with van der Waals surface area (Å²) in [6, 6.07) is 11.5. The third-order valence-corrected chi connectivity index (χ3v) is 4.78. The molecule has 0 unspecified atom stereocenters. The molecule has 1 aromatic carbocycles. The fourth-order valence-corrected chi connectivity index (χ4v) is 3.46. The normalized spacial score (nSPS) is 21.0. The Morgan fingerprint density at radius 1 is 1.27 bits per heavy atom. The number of aromatic nitrogens is 1. The van der Waals surface area contributed by atoms with Gasteiger partial charge in [-0.1, -0.05) is 37.3 Å². The Kier molecular flexibility index (Phi) is 3.94. The van der Waals surface area contributed by atoms with Crippen LogP contribution in [0.4, 0.5) is 0 Å². The summed E-state index contributed by atoms with van der Waals surface area (Å²) >= 11 is 1.16. The minimum atomic E-state index is -0.836. The third-order valence-electron chi connectivity index (χ3n) is 4.01. The number of carboxylic acid groups (broad SMARTS) is 1. The number of nitrogens with zero attached hydrogens (tertiary/aromatic N) is 2. The molecule has 1 saturated heterocycles. The van der Waals surface area contributed by atoms with Crippen LogP contribution in [0.25, 0.3) is 11.3 Å². The lowest BCUT2D eigenvalue weighted by Crippen LogP contribution is -2.29. The van der Waals surface area contributed by atoms with Crippen molar-refractivity contribution in [1.82, 2.24) is 9.27 Å². The number of aliphatic carboxylic acids is 1. The molecule has 2 heterocycles. The molecule has 0 bridgehead atoms. The van der Waals surface area contributed by atoms with Crippen molar-refractivity contribution in [1.29, 1.82) is 0 Å². The number of rotatable bonds is 3. The second-order valence-corrected chi connectivity index (χ2v) is 6.38. The van der Waals surface area contributed by atoms with Crippen LogP contribution < -0.4 is 0 Å². The lowest BCUT2D eigenvalue weighted by atomic mass is 9.99. The number of carbonyl (C=O) groups excluding carboxylic acids is 1. The van der Waals surface area contributed by atoms with Crippen molar-refractivity contribution in [3.05, 3.63) is 41.3 Å². The number of carboxylic acids is 1. The zero-order chi connectivity index (χ0) is 15.7. The highest BCUT2D eigenvalue weighted by atomic mass is 32.1. The van der Waals surface area contributed by atoms with E-state index < -0.39 is 11.9 Å². The predicted octanol–water partition coefficient (Wildman–Crippen LogP) is 2.60. The quantitative estimate of drug-likeness (QED) is 0.945. The monoisotopic (exact) mass is 316 g/mol. The van der Waals surface area contributed by atoms with Crippen molar-refractivity contribution >= 4 is 23.4 Å². The lowest BCUT2D eigenvalue weighted by Gasteiger charge is -2.13. The van der Waals surface area contributed by atoms with E-state index in [-0.39, 0.29) is 18.4 Å². The topological polar surface area (TPSA) is 70.5 Å². The minimum Gasteiger partial charge on any atom is -0.481 e. The Morgan fingerprint density at radius 2 is 2.00 bits per heavy atom. The molecule has 1 aliphatic heterocycles. The maximum Gasteiger partial charge on any atom is 0.308 e. The van der Waals surface area contributed by atoms with Gasteiger partial charge in [-0.05, 0) is 23.5 Å². The lowest BCUT2D eigenvalue weighted by molar-refractivity contribution is -0.142. The standard InChI is InChI=1S/C16H16N2O3S/c1-10-8-18(9-12(10)16(20)21)15(19)14-7-13(17-22-14)11-5-3-2-4-6-11/h2-7,10,12H,8-9H2,1H3,(H,20,21)/t10-,12-/m1/s1. The number of amides is 1.